The molecule has 1 saturated heterocycles. The van der Waals surface area contributed by atoms with Gasteiger partial charge in [-0.3, -0.25) is 23.9 Å². The van der Waals surface area contributed by atoms with Crippen LogP contribution in [-0.2, 0) is 16.1 Å². The molecule has 5 N–H and O–H groups in total. The van der Waals surface area contributed by atoms with Crippen molar-refractivity contribution < 1.29 is 28.0 Å². The predicted octanol–water partition coefficient (Wildman–Crippen LogP) is 3.64. The van der Waals surface area contributed by atoms with Gasteiger partial charge in [-0.15, -0.1) is 11.3 Å². The maximum absolute atomic E-state index is 15.6. The number of aryl methyl sites for hydroxylation is 1. The van der Waals surface area contributed by atoms with Crippen LogP contribution in [0.25, 0.3) is 21.3 Å². The highest BCUT2D eigenvalue weighted by Crippen LogP contribution is 2.34. The number of anilines is 1. The SMILES string of the molecule is Cc1cc2c(s1)c(C(N)=O)nn2CC(=O)N1C[C@H](F)C[C@H]1C(=O)Nc1cccc(-c2cc(C(N)=O)ccc2Cl)c1F. The van der Waals surface area contributed by atoms with Gasteiger partial charge in [-0.1, -0.05) is 23.7 Å². The van der Waals surface area contributed by atoms with Crippen molar-refractivity contribution in [2.24, 2.45) is 11.5 Å². The molecule has 0 radical (unpaired) electrons. The Hall–Kier alpha value is -4.36. The van der Waals surface area contributed by atoms with Crippen LogP contribution in [0.15, 0.2) is 42.5 Å². The number of carbonyl (C=O) groups is 4. The van der Waals surface area contributed by atoms with E-state index >= 15 is 4.39 Å². The summed E-state index contributed by atoms with van der Waals surface area (Å²) in [6.45, 7) is 1.12. The molecule has 0 unspecified atom stereocenters. The number of nitrogens with zero attached hydrogens (tertiary/aromatic N) is 3. The Morgan fingerprint density at radius 3 is 2.59 bits per heavy atom. The molecule has 0 bridgehead atoms. The number of hydrogen-bond acceptors (Lipinski definition) is 6. The topological polar surface area (TPSA) is 153 Å². The molecule has 1 aliphatic heterocycles. The van der Waals surface area contributed by atoms with Crippen LogP contribution >= 0.6 is 22.9 Å². The highest BCUT2D eigenvalue weighted by molar-refractivity contribution is 7.19. The van der Waals surface area contributed by atoms with E-state index in [4.69, 9.17) is 23.1 Å². The minimum absolute atomic E-state index is 0.00219. The summed E-state index contributed by atoms with van der Waals surface area (Å²) in [4.78, 5) is 51.9. The first-order chi connectivity index (χ1) is 19.4. The summed E-state index contributed by atoms with van der Waals surface area (Å²) in [5.41, 5.74) is 11.4. The van der Waals surface area contributed by atoms with Gasteiger partial charge in [-0.25, -0.2) is 8.78 Å². The van der Waals surface area contributed by atoms with Gasteiger partial charge in [-0.05, 0) is 37.3 Å². The van der Waals surface area contributed by atoms with E-state index in [1.165, 1.54) is 52.4 Å². The Kier molecular flexibility index (Phi) is 7.49. The second-order valence-corrected chi connectivity index (χ2v) is 11.2. The van der Waals surface area contributed by atoms with Crippen LogP contribution in [0.4, 0.5) is 14.5 Å². The van der Waals surface area contributed by atoms with Crippen LogP contribution in [0.1, 0.15) is 32.1 Å². The number of primary amides is 2. The Balaban J connectivity index is 1.38. The minimum Gasteiger partial charge on any atom is -0.366 e. The zero-order valence-corrected chi connectivity index (χ0v) is 23.1. The molecule has 4 amide bonds. The molecule has 3 heterocycles. The highest BCUT2D eigenvalue weighted by Gasteiger charge is 2.40. The molecule has 2 atom stereocenters. The van der Waals surface area contributed by atoms with E-state index < -0.39 is 41.7 Å². The number of carbonyl (C=O) groups excluding carboxylic acids is 4. The van der Waals surface area contributed by atoms with E-state index in [2.05, 4.69) is 10.4 Å². The van der Waals surface area contributed by atoms with E-state index in [1.54, 1.807) is 6.07 Å². The van der Waals surface area contributed by atoms with E-state index in [0.29, 0.717) is 10.2 Å². The van der Waals surface area contributed by atoms with Crippen LogP contribution in [0.3, 0.4) is 0 Å². The van der Waals surface area contributed by atoms with Crippen molar-refractivity contribution in [3.05, 3.63) is 69.4 Å². The van der Waals surface area contributed by atoms with Crippen molar-refractivity contribution in [2.45, 2.75) is 32.1 Å². The van der Waals surface area contributed by atoms with Crippen molar-refractivity contribution >= 4 is 62.5 Å². The fourth-order valence-electron chi connectivity index (χ4n) is 4.83. The molecule has 1 fully saturated rings. The summed E-state index contributed by atoms with van der Waals surface area (Å²) in [5.74, 6) is -3.73. The van der Waals surface area contributed by atoms with Gasteiger partial charge in [-0.2, -0.15) is 5.10 Å². The largest absolute Gasteiger partial charge is 0.366 e. The summed E-state index contributed by atoms with van der Waals surface area (Å²) >= 11 is 7.54. The Bertz CT molecular complexity index is 1740. The van der Waals surface area contributed by atoms with Crippen LogP contribution in [-0.4, -0.2) is 57.1 Å². The number of fused-ring (bicyclic) bond motifs is 1. The van der Waals surface area contributed by atoms with E-state index in [9.17, 15) is 23.6 Å². The number of alkyl halides is 1. The molecule has 2 aromatic heterocycles. The van der Waals surface area contributed by atoms with Gasteiger partial charge in [0.2, 0.25) is 17.7 Å². The van der Waals surface area contributed by atoms with Crippen LogP contribution in [0.2, 0.25) is 5.02 Å². The first-order valence-corrected chi connectivity index (χ1v) is 13.5. The number of nitrogens with two attached hydrogens (primary N) is 2. The molecular formula is C27H23ClF2N6O4S. The summed E-state index contributed by atoms with van der Waals surface area (Å²) < 4.78 is 31.9. The number of halogens is 3. The Labute approximate surface area is 240 Å². The predicted molar refractivity (Wildman–Crippen MR) is 150 cm³/mol. The van der Waals surface area contributed by atoms with Crippen molar-refractivity contribution in [1.29, 1.82) is 0 Å². The number of nitrogens with one attached hydrogen (secondary N) is 1. The van der Waals surface area contributed by atoms with Gasteiger partial charge < -0.3 is 21.7 Å². The normalized spacial score (nSPS) is 16.7. The van der Waals surface area contributed by atoms with Gasteiger partial charge in [0.25, 0.3) is 5.91 Å². The quantitative estimate of drug-likeness (QED) is 0.296. The molecule has 0 saturated carbocycles. The molecule has 4 aromatic rings. The van der Waals surface area contributed by atoms with Gasteiger partial charge in [0.15, 0.2) is 11.5 Å². The van der Waals surface area contributed by atoms with Crippen molar-refractivity contribution in [3.63, 3.8) is 0 Å². The third-order valence-electron chi connectivity index (χ3n) is 6.74. The van der Waals surface area contributed by atoms with E-state index in [-0.39, 0.29) is 52.6 Å². The van der Waals surface area contributed by atoms with E-state index in [1.807, 2.05) is 6.92 Å². The molecule has 5 rings (SSSR count). The van der Waals surface area contributed by atoms with Crippen molar-refractivity contribution in [1.82, 2.24) is 14.7 Å². The maximum atomic E-state index is 15.6. The van der Waals surface area contributed by atoms with E-state index in [0.717, 1.165) is 9.78 Å². The van der Waals surface area contributed by atoms with Gasteiger partial charge >= 0.3 is 0 Å². The number of likely N-dealkylation sites (tertiary alicyclic amines) is 1. The average molecular weight is 601 g/mol. The third-order valence-corrected chi connectivity index (χ3v) is 8.11. The summed E-state index contributed by atoms with van der Waals surface area (Å²) in [6, 6.07) is 8.86. The number of benzene rings is 2. The smallest absolute Gasteiger partial charge is 0.270 e. The lowest BCUT2D eigenvalue weighted by atomic mass is 10.0. The lowest BCUT2D eigenvalue weighted by Crippen LogP contribution is -2.44. The number of thiophene rings is 1. The second kappa shape index (κ2) is 10.9. The van der Waals surface area contributed by atoms with Gasteiger partial charge in [0, 0.05) is 33.0 Å². The highest BCUT2D eigenvalue weighted by atomic mass is 35.5. The third kappa shape index (κ3) is 5.37. The second-order valence-electron chi connectivity index (χ2n) is 9.55. The summed E-state index contributed by atoms with van der Waals surface area (Å²) in [6.07, 6.45) is -1.77. The Morgan fingerprint density at radius 2 is 1.88 bits per heavy atom. The van der Waals surface area contributed by atoms with Crippen LogP contribution in [0.5, 0.6) is 0 Å². The monoisotopic (exact) mass is 600 g/mol. The lowest BCUT2D eigenvalue weighted by Gasteiger charge is -2.24. The number of hydrogen-bond donors (Lipinski definition) is 3. The lowest BCUT2D eigenvalue weighted by molar-refractivity contribution is -0.137. The molecule has 212 valence electrons. The molecule has 0 aliphatic carbocycles. The molecule has 1 aliphatic rings. The molecule has 41 heavy (non-hydrogen) atoms. The number of rotatable bonds is 7. The standard InChI is InChI=1S/C27H23ClF2N6O4S/c1-12-7-19-24(41-12)23(26(32)39)34-36(19)11-21(37)35-10-14(29)9-20(35)27(40)33-18-4-2-3-15(22(18)30)16-8-13(25(31)38)5-6-17(16)28/h2-8,14,20H,9-11H2,1H3,(H2,31,38)(H2,32,39)(H,33,40)/t14-,20+/m1/s1. The van der Waals surface area contributed by atoms with Crippen LogP contribution < -0.4 is 16.8 Å². The van der Waals surface area contributed by atoms with Crippen molar-refractivity contribution in [3.8, 4) is 11.1 Å². The van der Waals surface area contributed by atoms with Gasteiger partial charge in [0.05, 0.1) is 22.4 Å². The molecule has 14 heteroatoms. The Morgan fingerprint density at radius 1 is 1.12 bits per heavy atom. The first kappa shape index (κ1) is 28.2. The zero-order valence-electron chi connectivity index (χ0n) is 21.5. The summed E-state index contributed by atoms with van der Waals surface area (Å²) in [7, 11) is 0. The number of amides is 4. The minimum atomic E-state index is -1.48. The molecule has 0 spiro atoms. The fourth-order valence-corrected chi connectivity index (χ4v) is 6.05. The fraction of sp³-hybridized carbons (Fsp3) is 0.222. The molecule has 2 aromatic carbocycles. The average Bonchev–Trinajstić information content (AvgIpc) is 3.59. The van der Waals surface area contributed by atoms with Gasteiger partial charge in [0.1, 0.15) is 18.8 Å². The zero-order chi connectivity index (χ0) is 29.6. The molecule has 10 nitrogen and oxygen atoms in total. The number of aromatic nitrogens is 2. The van der Waals surface area contributed by atoms with Crippen LogP contribution in [0, 0.1) is 12.7 Å². The van der Waals surface area contributed by atoms with Crippen molar-refractivity contribution in [2.75, 3.05) is 11.9 Å². The summed E-state index contributed by atoms with van der Waals surface area (Å²) in [5, 5.41) is 6.75. The first-order valence-electron chi connectivity index (χ1n) is 12.3. The maximum Gasteiger partial charge on any atom is 0.270 e. The molecular weight excluding hydrogens is 578 g/mol.